The molecule has 2 amide bonds. The predicted octanol–water partition coefficient (Wildman–Crippen LogP) is 2.08. The first-order valence-electron chi connectivity index (χ1n) is 11.3. The number of benzene rings is 1. The summed E-state index contributed by atoms with van der Waals surface area (Å²) in [5.41, 5.74) is 2.45. The molecule has 1 saturated heterocycles. The van der Waals surface area contributed by atoms with E-state index in [1.807, 2.05) is 17.0 Å². The summed E-state index contributed by atoms with van der Waals surface area (Å²) in [6, 6.07) is 8.04. The standard InChI is InChI=1S/C23H31N5O3/c1-2-3-10-24-21(29)14-20-25-22(31-26-20)16-28-15-18-9-5-4-8-17(18)13-19(28)23(30)27-11-6-7-12-27/h4-5,8-9,19H,2-3,6-7,10-16H2,1H3,(H,24,29)/t19-/m1/s1. The van der Waals surface area contributed by atoms with Gasteiger partial charge in [0, 0.05) is 26.2 Å². The van der Waals surface area contributed by atoms with E-state index in [1.54, 1.807) is 0 Å². The highest BCUT2D eigenvalue weighted by Crippen LogP contribution is 2.27. The third-order valence-corrected chi connectivity index (χ3v) is 6.07. The number of rotatable bonds is 8. The number of carbonyl (C=O) groups is 2. The van der Waals surface area contributed by atoms with Crippen LogP contribution in [0, 0.1) is 0 Å². The lowest BCUT2D eigenvalue weighted by Crippen LogP contribution is -2.50. The molecule has 2 aromatic rings. The maximum Gasteiger partial charge on any atom is 0.240 e. The van der Waals surface area contributed by atoms with E-state index in [0.29, 0.717) is 37.8 Å². The lowest BCUT2D eigenvalue weighted by atomic mass is 9.93. The second kappa shape index (κ2) is 10.0. The van der Waals surface area contributed by atoms with Gasteiger partial charge in [-0.15, -0.1) is 0 Å². The average molecular weight is 426 g/mol. The number of amides is 2. The molecule has 0 aliphatic carbocycles. The van der Waals surface area contributed by atoms with Gasteiger partial charge >= 0.3 is 0 Å². The van der Waals surface area contributed by atoms with Crippen molar-refractivity contribution in [1.29, 1.82) is 0 Å². The number of nitrogens with one attached hydrogen (secondary N) is 1. The summed E-state index contributed by atoms with van der Waals surface area (Å²) >= 11 is 0. The summed E-state index contributed by atoms with van der Waals surface area (Å²) in [4.78, 5) is 33.8. The van der Waals surface area contributed by atoms with E-state index in [0.717, 1.165) is 38.8 Å². The Morgan fingerprint density at radius 2 is 1.97 bits per heavy atom. The number of carbonyl (C=O) groups excluding carboxylic acids is 2. The zero-order valence-electron chi connectivity index (χ0n) is 18.2. The van der Waals surface area contributed by atoms with Crippen LogP contribution in [-0.4, -0.2) is 57.4 Å². The lowest BCUT2D eigenvalue weighted by Gasteiger charge is -2.37. The van der Waals surface area contributed by atoms with Gasteiger partial charge in [-0.3, -0.25) is 14.5 Å². The van der Waals surface area contributed by atoms with Gasteiger partial charge in [-0.25, -0.2) is 0 Å². The molecule has 166 valence electrons. The van der Waals surface area contributed by atoms with Crippen LogP contribution in [0.4, 0.5) is 0 Å². The van der Waals surface area contributed by atoms with E-state index in [2.05, 4.69) is 39.4 Å². The molecule has 1 N–H and O–H groups in total. The van der Waals surface area contributed by atoms with Crippen LogP contribution in [0.1, 0.15) is 55.4 Å². The minimum Gasteiger partial charge on any atom is -0.356 e. The van der Waals surface area contributed by atoms with Gasteiger partial charge < -0.3 is 14.7 Å². The molecule has 8 nitrogen and oxygen atoms in total. The SMILES string of the molecule is CCCCNC(=O)Cc1noc(CN2Cc3ccccc3C[C@@H]2C(=O)N2CCCC2)n1. The third-order valence-electron chi connectivity index (χ3n) is 6.07. The fourth-order valence-electron chi connectivity index (χ4n) is 4.35. The number of hydrogen-bond acceptors (Lipinski definition) is 6. The van der Waals surface area contributed by atoms with Crippen LogP contribution in [0.15, 0.2) is 28.8 Å². The number of unbranched alkanes of at least 4 members (excludes halogenated alkanes) is 1. The van der Waals surface area contributed by atoms with Crippen LogP contribution in [0.25, 0.3) is 0 Å². The fourth-order valence-corrected chi connectivity index (χ4v) is 4.35. The molecule has 31 heavy (non-hydrogen) atoms. The summed E-state index contributed by atoms with van der Waals surface area (Å²) in [6.07, 6.45) is 4.91. The Bertz CT molecular complexity index is 906. The van der Waals surface area contributed by atoms with Gasteiger partial charge in [0.2, 0.25) is 17.7 Å². The second-order valence-corrected chi connectivity index (χ2v) is 8.41. The van der Waals surface area contributed by atoms with E-state index in [4.69, 9.17) is 4.52 Å². The van der Waals surface area contributed by atoms with Crippen molar-refractivity contribution in [1.82, 2.24) is 25.3 Å². The van der Waals surface area contributed by atoms with Crippen LogP contribution >= 0.6 is 0 Å². The van der Waals surface area contributed by atoms with E-state index in [-0.39, 0.29) is 24.3 Å². The van der Waals surface area contributed by atoms with E-state index in [1.165, 1.54) is 11.1 Å². The smallest absolute Gasteiger partial charge is 0.240 e. The van der Waals surface area contributed by atoms with Crippen LogP contribution in [0.3, 0.4) is 0 Å². The molecule has 1 fully saturated rings. The van der Waals surface area contributed by atoms with Crippen LogP contribution < -0.4 is 5.32 Å². The summed E-state index contributed by atoms with van der Waals surface area (Å²) in [7, 11) is 0. The van der Waals surface area contributed by atoms with Crippen LogP contribution in [-0.2, 0) is 35.5 Å². The van der Waals surface area contributed by atoms with Crippen molar-refractivity contribution in [2.45, 2.75) is 64.6 Å². The molecular formula is C23H31N5O3. The Labute approximate surface area is 183 Å². The van der Waals surface area contributed by atoms with Crippen molar-refractivity contribution in [2.24, 2.45) is 0 Å². The minimum atomic E-state index is -0.235. The predicted molar refractivity (Wildman–Crippen MR) is 115 cm³/mol. The van der Waals surface area contributed by atoms with Gasteiger partial charge in [0.25, 0.3) is 0 Å². The largest absolute Gasteiger partial charge is 0.356 e. The maximum atomic E-state index is 13.3. The van der Waals surface area contributed by atoms with Gasteiger partial charge in [0.05, 0.1) is 19.0 Å². The second-order valence-electron chi connectivity index (χ2n) is 8.41. The summed E-state index contributed by atoms with van der Waals surface area (Å²) in [5, 5.41) is 6.84. The monoisotopic (exact) mass is 425 g/mol. The van der Waals surface area contributed by atoms with Gasteiger partial charge in [0.1, 0.15) is 0 Å². The van der Waals surface area contributed by atoms with Gasteiger partial charge in [0.15, 0.2) is 5.82 Å². The quantitative estimate of drug-likeness (QED) is 0.651. The molecular weight excluding hydrogens is 394 g/mol. The van der Waals surface area contributed by atoms with Crippen molar-refractivity contribution in [3.63, 3.8) is 0 Å². The van der Waals surface area contributed by atoms with Gasteiger partial charge in [-0.2, -0.15) is 4.98 Å². The molecule has 0 radical (unpaired) electrons. The Kier molecular flexibility index (Phi) is 6.96. The molecule has 1 aromatic heterocycles. The van der Waals surface area contributed by atoms with E-state index < -0.39 is 0 Å². The molecule has 0 spiro atoms. The van der Waals surface area contributed by atoms with Gasteiger partial charge in [-0.05, 0) is 36.8 Å². The van der Waals surface area contributed by atoms with Crippen LogP contribution in [0.2, 0.25) is 0 Å². The van der Waals surface area contributed by atoms with Crippen molar-refractivity contribution in [3.05, 3.63) is 47.1 Å². The normalized spacial score (nSPS) is 18.7. The zero-order chi connectivity index (χ0) is 21.6. The highest BCUT2D eigenvalue weighted by Gasteiger charge is 2.35. The number of fused-ring (bicyclic) bond motifs is 1. The summed E-state index contributed by atoms with van der Waals surface area (Å²) in [6.45, 7) is 5.47. The molecule has 2 aliphatic heterocycles. The molecule has 3 heterocycles. The highest BCUT2D eigenvalue weighted by atomic mass is 16.5. The molecule has 0 unspecified atom stereocenters. The van der Waals surface area contributed by atoms with Crippen molar-refractivity contribution in [2.75, 3.05) is 19.6 Å². The third kappa shape index (κ3) is 5.31. The topological polar surface area (TPSA) is 91.6 Å². The lowest BCUT2D eigenvalue weighted by molar-refractivity contribution is -0.137. The van der Waals surface area contributed by atoms with E-state index in [9.17, 15) is 9.59 Å². The van der Waals surface area contributed by atoms with Crippen molar-refractivity contribution < 1.29 is 14.1 Å². The summed E-state index contributed by atoms with van der Waals surface area (Å²) in [5.74, 6) is 0.899. The highest BCUT2D eigenvalue weighted by molar-refractivity contribution is 5.83. The number of nitrogens with zero attached hydrogens (tertiary/aromatic N) is 4. The summed E-state index contributed by atoms with van der Waals surface area (Å²) < 4.78 is 5.43. The molecule has 1 atom stereocenters. The molecule has 4 rings (SSSR count). The first-order valence-corrected chi connectivity index (χ1v) is 11.3. The zero-order valence-corrected chi connectivity index (χ0v) is 18.2. The molecule has 0 saturated carbocycles. The Balaban J connectivity index is 1.44. The average Bonchev–Trinajstić information content (AvgIpc) is 3.45. The number of hydrogen-bond donors (Lipinski definition) is 1. The maximum absolute atomic E-state index is 13.3. The molecule has 2 aliphatic rings. The van der Waals surface area contributed by atoms with E-state index >= 15 is 0 Å². The molecule has 1 aromatic carbocycles. The fraction of sp³-hybridized carbons (Fsp3) is 0.565. The van der Waals surface area contributed by atoms with Crippen molar-refractivity contribution >= 4 is 11.8 Å². The first kappa shape index (κ1) is 21.5. The first-order chi connectivity index (χ1) is 15.1. The Morgan fingerprint density at radius 3 is 2.74 bits per heavy atom. The number of aromatic nitrogens is 2. The van der Waals surface area contributed by atoms with Gasteiger partial charge in [-0.1, -0.05) is 42.8 Å². The molecule has 8 heteroatoms. The molecule has 0 bridgehead atoms. The Hall–Kier alpha value is -2.74. The Morgan fingerprint density at radius 1 is 1.19 bits per heavy atom. The van der Waals surface area contributed by atoms with Crippen LogP contribution in [0.5, 0.6) is 0 Å². The van der Waals surface area contributed by atoms with Crippen molar-refractivity contribution in [3.8, 4) is 0 Å². The number of likely N-dealkylation sites (tertiary alicyclic amines) is 1. The minimum absolute atomic E-state index is 0.102.